The largest absolute Gasteiger partial charge is 0.369 e. The molecule has 1 aromatic heterocycles. The molecule has 1 saturated heterocycles. The molecule has 1 aliphatic heterocycles. The Balaban J connectivity index is 1.57. The smallest absolute Gasteiger partial charge is 0.319 e. The van der Waals surface area contributed by atoms with E-state index in [4.69, 9.17) is 0 Å². The quantitative estimate of drug-likeness (QED) is 0.845. The van der Waals surface area contributed by atoms with Gasteiger partial charge in [-0.25, -0.2) is 4.79 Å². The molecule has 2 heterocycles. The Morgan fingerprint density at radius 3 is 2.75 bits per heavy atom. The highest BCUT2D eigenvalue weighted by atomic mass is 79.9. The Kier molecular flexibility index (Phi) is 4.89. The zero-order valence-electron chi connectivity index (χ0n) is 13.3. The van der Waals surface area contributed by atoms with Crippen LogP contribution in [0.25, 0.3) is 0 Å². The van der Waals surface area contributed by atoms with Crippen molar-refractivity contribution in [2.24, 2.45) is 7.05 Å². The summed E-state index contributed by atoms with van der Waals surface area (Å²) in [5, 5.41) is 5.76. The zero-order chi connectivity index (χ0) is 17.1. The van der Waals surface area contributed by atoms with Crippen LogP contribution in [0.1, 0.15) is 6.42 Å². The number of urea groups is 1. The minimum absolute atomic E-state index is 0.0983. The van der Waals surface area contributed by atoms with Gasteiger partial charge in [-0.3, -0.25) is 4.79 Å². The van der Waals surface area contributed by atoms with Crippen LogP contribution >= 0.6 is 15.9 Å². The van der Waals surface area contributed by atoms with Gasteiger partial charge in [-0.1, -0.05) is 18.2 Å². The molecule has 0 aliphatic carbocycles. The van der Waals surface area contributed by atoms with Crippen molar-refractivity contribution in [1.29, 1.82) is 0 Å². The number of pyridine rings is 1. The fourth-order valence-electron chi connectivity index (χ4n) is 2.84. The van der Waals surface area contributed by atoms with Crippen LogP contribution in [-0.2, 0) is 7.05 Å². The van der Waals surface area contributed by atoms with Gasteiger partial charge in [0.25, 0.3) is 5.56 Å². The lowest BCUT2D eigenvalue weighted by Gasteiger charge is -2.19. The van der Waals surface area contributed by atoms with Crippen molar-refractivity contribution in [3.63, 3.8) is 0 Å². The van der Waals surface area contributed by atoms with Crippen molar-refractivity contribution in [2.75, 3.05) is 23.3 Å². The summed E-state index contributed by atoms with van der Waals surface area (Å²) in [4.78, 5) is 26.1. The van der Waals surface area contributed by atoms with E-state index >= 15 is 0 Å². The number of halogens is 1. The van der Waals surface area contributed by atoms with Crippen LogP contribution in [0.4, 0.5) is 16.2 Å². The molecule has 0 spiro atoms. The van der Waals surface area contributed by atoms with Gasteiger partial charge in [0.15, 0.2) is 0 Å². The summed E-state index contributed by atoms with van der Waals surface area (Å²) in [5.74, 6) is 0. The van der Waals surface area contributed by atoms with E-state index in [1.165, 1.54) is 10.3 Å². The molecule has 0 bridgehead atoms. The van der Waals surface area contributed by atoms with E-state index in [0.717, 1.165) is 19.5 Å². The van der Waals surface area contributed by atoms with Gasteiger partial charge in [-0.15, -0.1) is 0 Å². The summed E-state index contributed by atoms with van der Waals surface area (Å²) in [6.07, 6.45) is 2.50. The zero-order valence-corrected chi connectivity index (χ0v) is 14.9. The third-order valence-electron chi connectivity index (χ3n) is 4.04. The van der Waals surface area contributed by atoms with Crippen LogP contribution in [0.15, 0.2) is 51.9 Å². The van der Waals surface area contributed by atoms with Crippen molar-refractivity contribution < 1.29 is 4.79 Å². The summed E-state index contributed by atoms with van der Waals surface area (Å²) < 4.78 is 1.84. The van der Waals surface area contributed by atoms with Crippen LogP contribution in [-0.4, -0.2) is 29.7 Å². The van der Waals surface area contributed by atoms with Crippen LogP contribution in [0.5, 0.6) is 0 Å². The number of hydrogen-bond acceptors (Lipinski definition) is 3. The van der Waals surface area contributed by atoms with Gasteiger partial charge in [-0.2, -0.15) is 0 Å². The number of amides is 2. The van der Waals surface area contributed by atoms with E-state index in [-0.39, 0.29) is 17.6 Å². The molecule has 0 radical (unpaired) electrons. The monoisotopic (exact) mass is 390 g/mol. The van der Waals surface area contributed by atoms with E-state index in [1.54, 1.807) is 19.3 Å². The number of nitrogens with zero attached hydrogens (tertiary/aromatic N) is 2. The highest BCUT2D eigenvalue weighted by Gasteiger charge is 2.24. The van der Waals surface area contributed by atoms with Crippen molar-refractivity contribution in [3.05, 3.63) is 57.4 Å². The first-order chi connectivity index (χ1) is 11.5. The highest BCUT2D eigenvalue weighted by molar-refractivity contribution is 9.10. The maximum Gasteiger partial charge on any atom is 0.319 e. The minimum Gasteiger partial charge on any atom is -0.369 e. The van der Waals surface area contributed by atoms with Gasteiger partial charge < -0.3 is 20.1 Å². The number of benzene rings is 1. The van der Waals surface area contributed by atoms with Crippen molar-refractivity contribution in [1.82, 2.24) is 9.88 Å². The molecule has 1 unspecified atom stereocenters. The van der Waals surface area contributed by atoms with Crippen LogP contribution < -0.4 is 21.1 Å². The lowest BCUT2D eigenvalue weighted by molar-refractivity contribution is 0.249. The fraction of sp³-hybridized carbons (Fsp3) is 0.294. The molecule has 1 atom stereocenters. The molecule has 3 rings (SSSR count). The molecule has 1 aliphatic rings. The van der Waals surface area contributed by atoms with Crippen LogP contribution in [0, 0.1) is 0 Å². The van der Waals surface area contributed by atoms with Gasteiger partial charge in [0.1, 0.15) is 0 Å². The second kappa shape index (κ2) is 7.09. The van der Waals surface area contributed by atoms with Gasteiger partial charge in [-0.05, 0) is 40.5 Å². The molecule has 1 fully saturated rings. The molecule has 2 amide bonds. The highest BCUT2D eigenvalue weighted by Crippen LogP contribution is 2.19. The normalized spacial score (nSPS) is 16.9. The molecule has 2 aromatic rings. The summed E-state index contributed by atoms with van der Waals surface area (Å²) in [6.45, 7) is 1.70. The maximum atomic E-state index is 12.2. The Labute approximate surface area is 148 Å². The van der Waals surface area contributed by atoms with Gasteiger partial charge in [0.05, 0.1) is 10.2 Å². The van der Waals surface area contributed by atoms with Crippen LogP contribution in [0.3, 0.4) is 0 Å². The average molecular weight is 391 g/mol. The molecular formula is C17H19BrN4O2. The molecular weight excluding hydrogens is 372 g/mol. The number of anilines is 2. The number of hydrogen-bond donors (Lipinski definition) is 2. The predicted molar refractivity (Wildman–Crippen MR) is 98.6 cm³/mol. The Hall–Kier alpha value is -2.28. The average Bonchev–Trinajstić information content (AvgIpc) is 3.01. The third-order valence-corrected chi connectivity index (χ3v) is 4.61. The predicted octanol–water partition coefficient (Wildman–Crippen LogP) is 2.55. The Bertz CT molecular complexity index is 765. The first-order valence-corrected chi connectivity index (χ1v) is 8.56. The number of aryl methyl sites for hydroxylation is 1. The number of carbonyl (C=O) groups is 1. The minimum atomic E-state index is -0.263. The lowest BCUT2D eigenvalue weighted by Crippen LogP contribution is -2.39. The molecule has 7 heteroatoms. The van der Waals surface area contributed by atoms with E-state index in [2.05, 4.69) is 43.6 Å². The van der Waals surface area contributed by atoms with Crippen molar-refractivity contribution in [2.45, 2.75) is 12.5 Å². The first-order valence-electron chi connectivity index (χ1n) is 7.76. The molecule has 126 valence electrons. The van der Waals surface area contributed by atoms with E-state index in [0.29, 0.717) is 10.2 Å². The SMILES string of the molecule is Cn1cc(NC(=O)NC2CCN(c3ccccc3)C2)cc(Br)c1=O. The van der Waals surface area contributed by atoms with E-state index in [1.807, 2.05) is 18.2 Å². The second-order valence-corrected chi connectivity index (χ2v) is 6.71. The van der Waals surface area contributed by atoms with E-state index < -0.39 is 0 Å². The van der Waals surface area contributed by atoms with Crippen molar-refractivity contribution in [3.8, 4) is 0 Å². The number of carbonyl (C=O) groups excluding carboxylic acids is 1. The third kappa shape index (κ3) is 3.79. The summed E-state index contributed by atoms with van der Waals surface area (Å²) in [6, 6.07) is 11.6. The summed E-state index contributed by atoms with van der Waals surface area (Å²) in [5.41, 5.74) is 1.60. The number of rotatable bonds is 3. The second-order valence-electron chi connectivity index (χ2n) is 5.86. The molecule has 1 aromatic carbocycles. The maximum absolute atomic E-state index is 12.2. The molecule has 2 N–H and O–H groups in total. The first kappa shape index (κ1) is 16.6. The fourth-order valence-corrected chi connectivity index (χ4v) is 3.37. The standard InChI is InChI=1S/C17H19BrN4O2/c1-21-10-13(9-15(18)16(21)23)20-17(24)19-12-7-8-22(11-12)14-5-3-2-4-6-14/h2-6,9-10,12H,7-8,11H2,1H3,(H2,19,20,24). The number of aromatic nitrogens is 1. The Morgan fingerprint density at radius 1 is 1.29 bits per heavy atom. The van der Waals surface area contributed by atoms with Gasteiger partial charge in [0, 0.05) is 38.1 Å². The van der Waals surface area contributed by atoms with Gasteiger partial charge in [0.2, 0.25) is 0 Å². The molecule has 6 nitrogen and oxygen atoms in total. The molecule has 24 heavy (non-hydrogen) atoms. The Morgan fingerprint density at radius 2 is 2.04 bits per heavy atom. The van der Waals surface area contributed by atoms with Crippen LogP contribution in [0.2, 0.25) is 0 Å². The summed E-state index contributed by atoms with van der Waals surface area (Å²) in [7, 11) is 1.64. The topological polar surface area (TPSA) is 66.4 Å². The molecule has 0 saturated carbocycles. The van der Waals surface area contributed by atoms with E-state index in [9.17, 15) is 9.59 Å². The van der Waals surface area contributed by atoms with Crippen molar-refractivity contribution >= 4 is 33.3 Å². The summed E-state index contributed by atoms with van der Waals surface area (Å²) >= 11 is 3.20. The van der Waals surface area contributed by atoms with Gasteiger partial charge >= 0.3 is 6.03 Å². The number of nitrogens with one attached hydrogen (secondary N) is 2. The number of para-hydroxylation sites is 1. The lowest BCUT2D eigenvalue weighted by atomic mass is 10.3.